The molecule has 0 unspecified atom stereocenters. The molecule has 0 atom stereocenters. The van der Waals surface area contributed by atoms with Gasteiger partial charge in [-0.15, -0.1) is 0 Å². The molecule has 2 N–H and O–H groups in total. The van der Waals surface area contributed by atoms with Crippen LogP contribution in [-0.2, 0) is 5.41 Å². The summed E-state index contributed by atoms with van der Waals surface area (Å²) in [5, 5.41) is 10.0. The Labute approximate surface area is 287 Å². The summed E-state index contributed by atoms with van der Waals surface area (Å²) in [6.07, 6.45) is 0. The summed E-state index contributed by atoms with van der Waals surface area (Å²) in [6.45, 7) is 0. The molecule has 8 aromatic carbocycles. The van der Waals surface area contributed by atoms with E-state index in [1.165, 1.54) is 55.3 Å². The second kappa shape index (κ2) is 12.0. The monoisotopic (exact) mass is 626 g/mol. The van der Waals surface area contributed by atoms with Crippen molar-refractivity contribution in [1.82, 2.24) is 0 Å². The molecule has 0 saturated carbocycles. The number of hydrogen-bond acceptors (Lipinski definition) is 2. The van der Waals surface area contributed by atoms with Gasteiger partial charge in [0.05, 0.1) is 5.41 Å². The van der Waals surface area contributed by atoms with Crippen LogP contribution in [0.25, 0.3) is 33.0 Å². The Morgan fingerprint density at radius 1 is 0.367 bits per heavy atom. The fraction of sp³-hybridized carbons (Fsp3) is 0.0213. The number of fused-ring (bicyclic) bond motifs is 4. The van der Waals surface area contributed by atoms with Crippen LogP contribution in [-0.4, -0.2) is 0 Å². The highest BCUT2D eigenvalue weighted by atomic mass is 14.9. The van der Waals surface area contributed by atoms with Gasteiger partial charge in [-0.05, 0) is 92.2 Å². The molecule has 9 rings (SSSR count). The lowest BCUT2D eigenvalue weighted by molar-refractivity contribution is 0.771. The highest BCUT2D eigenvalue weighted by molar-refractivity contribution is 6.05. The number of anilines is 4. The van der Waals surface area contributed by atoms with Crippen molar-refractivity contribution < 1.29 is 0 Å². The van der Waals surface area contributed by atoms with Crippen LogP contribution in [0.3, 0.4) is 0 Å². The summed E-state index contributed by atoms with van der Waals surface area (Å²) in [5.74, 6) is 0. The summed E-state index contributed by atoms with van der Waals surface area (Å²) in [7, 11) is 0. The van der Waals surface area contributed by atoms with Crippen LogP contribution in [0.1, 0.15) is 22.3 Å². The second-order valence-corrected chi connectivity index (χ2v) is 12.7. The van der Waals surface area contributed by atoms with Gasteiger partial charge in [0.1, 0.15) is 0 Å². The van der Waals surface area contributed by atoms with Crippen LogP contribution in [0.5, 0.6) is 0 Å². The van der Waals surface area contributed by atoms with Crippen molar-refractivity contribution in [3.05, 3.63) is 216 Å². The molecule has 0 bridgehead atoms. The first kappa shape index (κ1) is 28.8. The zero-order valence-electron chi connectivity index (χ0n) is 27.0. The molecule has 0 aliphatic heterocycles. The fourth-order valence-corrected chi connectivity index (χ4v) is 7.85. The minimum Gasteiger partial charge on any atom is -0.356 e. The minimum absolute atomic E-state index is 0.609. The average Bonchev–Trinajstić information content (AvgIpc) is 3.46. The second-order valence-electron chi connectivity index (χ2n) is 12.7. The van der Waals surface area contributed by atoms with Crippen LogP contribution >= 0.6 is 0 Å². The molecule has 0 saturated heterocycles. The molecule has 8 aromatic rings. The van der Waals surface area contributed by atoms with Gasteiger partial charge in [-0.2, -0.15) is 0 Å². The summed E-state index contributed by atoms with van der Waals surface area (Å²) >= 11 is 0. The number of para-hydroxylation sites is 2. The predicted molar refractivity (Wildman–Crippen MR) is 206 cm³/mol. The zero-order valence-corrected chi connectivity index (χ0v) is 27.0. The highest BCUT2D eigenvalue weighted by Crippen LogP contribution is 2.61. The van der Waals surface area contributed by atoms with E-state index in [4.69, 9.17) is 0 Å². The van der Waals surface area contributed by atoms with Crippen molar-refractivity contribution >= 4 is 33.5 Å². The molecule has 232 valence electrons. The molecule has 2 heteroatoms. The molecule has 2 nitrogen and oxygen atoms in total. The van der Waals surface area contributed by atoms with E-state index < -0.39 is 5.41 Å². The lowest BCUT2D eigenvalue weighted by Gasteiger charge is -2.36. The number of rotatable bonds is 7. The van der Waals surface area contributed by atoms with Crippen molar-refractivity contribution in [1.29, 1.82) is 0 Å². The first-order valence-electron chi connectivity index (χ1n) is 16.9. The van der Waals surface area contributed by atoms with Crippen molar-refractivity contribution in [3.63, 3.8) is 0 Å². The summed E-state index contributed by atoms with van der Waals surface area (Å²) < 4.78 is 0. The van der Waals surface area contributed by atoms with Crippen molar-refractivity contribution in [2.24, 2.45) is 0 Å². The van der Waals surface area contributed by atoms with Crippen LogP contribution < -0.4 is 10.6 Å². The van der Waals surface area contributed by atoms with Gasteiger partial charge in [0.25, 0.3) is 0 Å². The Morgan fingerprint density at radius 2 is 0.918 bits per heavy atom. The topological polar surface area (TPSA) is 24.1 Å². The van der Waals surface area contributed by atoms with E-state index in [0.29, 0.717) is 0 Å². The summed E-state index contributed by atoms with van der Waals surface area (Å²) in [5.41, 5.74) is 13.6. The molecule has 0 heterocycles. The third-order valence-corrected chi connectivity index (χ3v) is 9.88. The van der Waals surface area contributed by atoms with Gasteiger partial charge in [0.15, 0.2) is 0 Å². The van der Waals surface area contributed by atoms with E-state index in [0.717, 1.165) is 22.7 Å². The standard InChI is InChI=1S/C47H34N2/c1-5-18-34(19-6-1)47(35-20-7-2-8-21-35)43-32-38(48-36-22-9-3-10-23-36)28-29-40(43)42-30-31-44(49-37-24-11-4-12-25-37)45(46(42)47)41-27-15-17-33-16-13-14-26-39(33)41/h1-32,48-49H. The van der Waals surface area contributed by atoms with Crippen molar-refractivity contribution in [3.8, 4) is 22.3 Å². The van der Waals surface area contributed by atoms with Crippen LogP contribution in [0.2, 0.25) is 0 Å². The first-order chi connectivity index (χ1) is 24.3. The maximum atomic E-state index is 3.86. The van der Waals surface area contributed by atoms with E-state index >= 15 is 0 Å². The van der Waals surface area contributed by atoms with Gasteiger partial charge in [0.2, 0.25) is 0 Å². The first-order valence-corrected chi connectivity index (χ1v) is 16.9. The van der Waals surface area contributed by atoms with Gasteiger partial charge in [-0.1, -0.05) is 152 Å². The van der Waals surface area contributed by atoms with Crippen LogP contribution in [0, 0.1) is 0 Å². The van der Waals surface area contributed by atoms with Gasteiger partial charge < -0.3 is 10.6 Å². The van der Waals surface area contributed by atoms with Crippen LogP contribution in [0.15, 0.2) is 194 Å². The maximum absolute atomic E-state index is 3.86. The lowest BCUT2D eigenvalue weighted by Crippen LogP contribution is -2.29. The molecule has 0 spiro atoms. The normalized spacial score (nSPS) is 12.7. The van der Waals surface area contributed by atoms with E-state index in [-0.39, 0.29) is 0 Å². The molecule has 1 aliphatic carbocycles. The summed E-state index contributed by atoms with van der Waals surface area (Å²) in [4.78, 5) is 0. The Kier molecular flexibility index (Phi) is 7.06. The Bertz CT molecular complexity index is 2370. The Hall–Kier alpha value is -6.38. The smallest absolute Gasteiger partial charge is 0.0721 e. The number of benzene rings is 8. The van der Waals surface area contributed by atoms with Gasteiger partial charge in [-0.25, -0.2) is 0 Å². The summed E-state index contributed by atoms with van der Waals surface area (Å²) in [6, 6.07) is 70.0. The highest BCUT2D eigenvalue weighted by Gasteiger charge is 2.48. The number of nitrogens with one attached hydrogen (secondary N) is 2. The SMILES string of the molecule is c1ccc(Nc2ccc3c(c2)C(c2ccccc2)(c2ccccc2)c2c-3ccc(Nc3ccccc3)c2-c2cccc3ccccc23)cc1. The van der Waals surface area contributed by atoms with E-state index in [2.05, 4.69) is 205 Å². The molecule has 49 heavy (non-hydrogen) atoms. The van der Waals surface area contributed by atoms with Crippen molar-refractivity contribution in [2.45, 2.75) is 5.41 Å². The Morgan fingerprint density at radius 3 is 1.59 bits per heavy atom. The van der Waals surface area contributed by atoms with Crippen LogP contribution in [0.4, 0.5) is 22.7 Å². The molecule has 0 amide bonds. The van der Waals surface area contributed by atoms with Gasteiger partial charge >= 0.3 is 0 Å². The molecule has 0 aromatic heterocycles. The zero-order chi connectivity index (χ0) is 32.6. The molecule has 1 aliphatic rings. The van der Waals surface area contributed by atoms with E-state index in [1.807, 2.05) is 0 Å². The third kappa shape index (κ3) is 4.80. The molecule has 0 radical (unpaired) electrons. The van der Waals surface area contributed by atoms with Crippen molar-refractivity contribution in [2.75, 3.05) is 10.6 Å². The minimum atomic E-state index is -0.609. The largest absolute Gasteiger partial charge is 0.356 e. The Balaban J connectivity index is 1.42. The maximum Gasteiger partial charge on any atom is 0.0721 e. The number of hydrogen-bond donors (Lipinski definition) is 2. The average molecular weight is 627 g/mol. The fourth-order valence-electron chi connectivity index (χ4n) is 7.85. The third-order valence-electron chi connectivity index (χ3n) is 9.88. The lowest BCUT2D eigenvalue weighted by atomic mass is 9.65. The predicted octanol–water partition coefficient (Wildman–Crippen LogP) is 12.4. The van der Waals surface area contributed by atoms with Gasteiger partial charge in [-0.3, -0.25) is 0 Å². The molecular weight excluding hydrogens is 593 g/mol. The molecule has 0 fully saturated rings. The quantitative estimate of drug-likeness (QED) is 0.184. The molecular formula is C47H34N2. The van der Waals surface area contributed by atoms with E-state index in [1.54, 1.807) is 0 Å². The van der Waals surface area contributed by atoms with E-state index in [9.17, 15) is 0 Å². The van der Waals surface area contributed by atoms with Gasteiger partial charge in [0, 0.05) is 28.3 Å².